The first kappa shape index (κ1) is 17.2. The van der Waals surface area contributed by atoms with Gasteiger partial charge in [-0.1, -0.05) is 13.8 Å². The van der Waals surface area contributed by atoms with Crippen molar-refractivity contribution in [2.24, 2.45) is 4.99 Å². The lowest BCUT2D eigenvalue weighted by Crippen LogP contribution is -2.48. The molecule has 108 valence electrons. The number of rotatable bonds is 8. The summed E-state index contributed by atoms with van der Waals surface area (Å²) < 4.78 is 5.09. The highest BCUT2D eigenvalue weighted by Gasteiger charge is 2.11. The lowest BCUT2D eigenvalue weighted by atomic mass is 10.3. The van der Waals surface area contributed by atoms with Crippen LogP contribution in [0.1, 0.15) is 27.7 Å². The minimum Gasteiger partial charge on any atom is -0.383 e. The van der Waals surface area contributed by atoms with Gasteiger partial charge in [-0.25, -0.2) is 0 Å². The molecule has 0 aliphatic rings. The molecule has 0 heterocycles. The molecule has 0 saturated carbocycles. The molecule has 2 atom stereocenters. The van der Waals surface area contributed by atoms with Crippen LogP contribution in [0.2, 0.25) is 0 Å². The summed E-state index contributed by atoms with van der Waals surface area (Å²) in [6, 6.07) is 0.751. The second kappa shape index (κ2) is 10.1. The van der Waals surface area contributed by atoms with Gasteiger partial charge < -0.3 is 15.4 Å². The monoisotopic (exact) mass is 258 g/mol. The number of ether oxygens (including phenoxy) is 1. The summed E-state index contributed by atoms with van der Waals surface area (Å²) in [6.45, 7) is 12.4. The van der Waals surface area contributed by atoms with Crippen LogP contribution in [0.15, 0.2) is 4.99 Å². The second-order valence-electron chi connectivity index (χ2n) is 4.52. The minimum atomic E-state index is 0.255. The van der Waals surface area contributed by atoms with E-state index in [0.29, 0.717) is 12.6 Å². The Hall–Kier alpha value is -0.810. The van der Waals surface area contributed by atoms with Gasteiger partial charge in [0.1, 0.15) is 0 Å². The Morgan fingerprint density at radius 3 is 2.33 bits per heavy atom. The van der Waals surface area contributed by atoms with Crippen molar-refractivity contribution in [2.45, 2.75) is 39.8 Å². The van der Waals surface area contributed by atoms with Crippen molar-refractivity contribution in [2.75, 3.05) is 40.4 Å². The van der Waals surface area contributed by atoms with Crippen molar-refractivity contribution in [1.29, 1.82) is 0 Å². The zero-order chi connectivity index (χ0) is 14.0. The number of likely N-dealkylation sites (N-methyl/N-ethyl adjacent to an activating group) is 1. The number of guanidine groups is 1. The summed E-state index contributed by atoms with van der Waals surface area (Å²) in [4.78, 5) is 6.63. The molecule has 0 aliphatic heterocycles. The van der Waals surface area contributed by atoms with Crippen molar-refractivity contribution in [3.05, 3.63) is 0 Å². The highest BCUT2D eigenvalue weighted by molar-refractivity contribution is 5.79. The SMILES string of the molecule is CCN(CC)C(C)CNC(=NC)NC(C)COC. The van der Waals surface area contributed by atoms with Gasteiger partial charge in [0.05, 0.1) is 6.61 Å². The highest BCUT2D eigenvalue weighted by Crippen LogP contribution is 1.96. The average Bonchev–Trinajstić information content (AvgIpc) is 2.36. The Kier molecular flexibility index (Phi) is 9.69. The topological polar surface area (TPSA) is 48.9 Å². The predicted octanol–water partition coefficient (Wildman–Crippen LogP) is 0.917. The summed E-state index contributed by atoms with van der Waals surface area (Å²) in [5, 5.41) is 6.64. The molecule has 5 nitrogen and oxygen atoms in total. The first-order chi connectivity index (χ1) is 8.58. The average molecular weight is 258 g/mol. The van der Waals surface area contributed by atoms with Crippen LogP contribution >= 0.6 is 0 Å². The molecule has 0 aliphatic carbocycles. The van der Waals surface area contributed by atoms with Gasteiger partial charge in [-0.15, -0.1) is 0 Å². The maximum atomic E-state index is 5.09. The van der Waals surface area contributed by atoms with E-state index in [2.05, 4.69) is 48.2 Å². The number of hydrogen-bond donors (Lipinski definition) is 2. The maximum Gasteiger partial charge on any atom is 0.191 e. The van der Waals surface area contributed by atoms with Crippen LogP contribution in [0.5, 0.6) is 0 Å². The van der Waals surface area contributed by atoms with Crippen LogP contribution in [0, 0.1) is 0 Å². The highest BCUT2D eigenvalue weighted by atomic mass is 16.5. The fraction of sp³-hybridized carbons (Fsp3) is 0.923. The van der Waals surface area contributed by atoms with Crippen molar-refractivity contribution < 1.29 is 4.74 Å². The molecule has 0 aromatic heterocycles. The van der Waals surface area contributed by atoms with Gasteiger partial charge >= 0.3 is 0 Å². The third-order valence-electron chi connectivity index (χ3n) is 3.02. The molecule has 0 spiro atoms. The van der Waals surface area contributed by atoms with Gasteiger partial charge in [0.15, 0.2) is 5.96 Å². The largest absolute Gasteiger partial charge is 0.383 e. The molecule has 0 bridgehead atoms. The number of aliphatic imine (C=N–C) groups is 1. The minimum absolute atomic E-state index is 0.255. The molecule has 0 rings (SSSR count). The molecule has 18 heavy (non-hydrogen) atoms. The summed E-state index contributed by atoms with van der Waals surface area (Å²) in [6.07, 6.45) is 0. The first-order valence-corrected chi connectivity index (χ1v) is 6.79. The van der Waals surface area contributed by atoms with Gasteiger partial charge in [-0.3, -0.25) is 9.89 Å². The van der Waals surface area contributed by atoms with Crippen LogP contribution in [0.3, 0.4) is 0 Å². The van der Waals surface area contributed by atoms with E-state index in [-0.39, 0.29) is 6.04 Å². The zero-order valence-corrected chi connectivity index (χ0v) is 12.8. The normalized spacial score (nSPS) is 15.6. The Morgan fingerprint density at radius 2 is 1.89 bits per heavy atom. The van der Waals surface area contributed by atoms with E-state index in [1.54, 1.807) is 14.2 Å². The van der Waals surface area contributed by atoms with Gasteiger partial charge in [0.2, 0.25) is 0 Å². The Morgan fingerprint density at radius 1 is 1.28 bits per heavy atom. The molecule has 5 heteroatoms. The van der Waals surface area contributed by atoms with Gasteiger partial charge in [-0.2, -0.15) is 0 Å². The molecule has 0 aromatic rings. The van der Waals surface area contributed by atoms with Gasteiger partial charge in [0, 0.05) is 32.8 Å². The molecule has 0 saturated heterocycles. The fourth-order valence-corrected chi connectivity index (χ4v) is 1.94. The smallest absolute Gasteiger partial charge is 0.191 e. The lowest BCUT2D eigenvalue weighted by molar-refractivity contribution is 0.178. The molecule has 2 N–H and O–H groups in total. The molecular formula is C13H30N4O. The first-order valence-electron chi connectivity index (χ1n) is 6.79. The van der Waals surface area contributed by atoms with Crippen LogP contribution in [0.4, 0.5) is 0 Å². The molecule has 0 radical (unpaired) electrons. The number of nitrogens with one attached hydrogen (secondary N) is 2. The van der Waals surface area contributed by atoms with E-state index in [4.69, 9.17) is 4.74 Å². The predicted molar refractivity (Wildman–Crippen MR) is 78.2 cm³/mol. The fourth-order valence-electron chi connectivity index (χ4n) is 1.94. The number of hydrogen-bond acceptors (Lipinski definition) is 3. The Labute approximate surface area is 112 Å². The quantitative estimate of drug-likeness (QED) is 0.502. The molecule has 2 unspecified atom stereocenters. The molecule has 0 amide bonds. The van der Waals surface area contributed by atoms with E-state index in [1.807, 2.05) is 0 Å². The third kappa shape index (κ3) is 6.81. The lowest BCUT2D eigenvalue weighted by Gasteiger charge is -2.27. The summed E-state index contributed by atoms with van der Waals surface area (Å²) in [7, 11) is 3.49. The molecule has 0 aromatic carbocycles. The summed E-state index contributed by atoms with van der Waals surface area (Å²) >= 11 is 0. The molecular weight excluding hydrogens is 228 g/mol. The van der Waals surface area contributed by atoms with E-state index in [0.717, 1.165) is 25.6 Å². The van der Waals surface area contributed by atoms with E-state index in [9.17, 15) is 0 Å². The third-order valence-corrected chi connectivity index (χ3v) is 3.02. The van der Waals surface area contributed by atoms with E-state index in [1.165, 1.54) is 0 Å². The Balaban J connectivity index is 4.08. The van der Waals surface area contributed by atoms with E-state index >= 15 is 0 Å². The number of methoxy groups -OCH3 is 1. The van der Waals surface area contributed by atoms with Gasteiger partial charge in [-0.05, 0) is 26.9 Å². The van der Waals surface area contributed by atoms with Crippen molar-refractivity contribution in [1.82, 2.24) is 15.5 Å². The maximum absolute atomic E-state index is 5.09. The summed E-state index contributed by atoms with van der Waals surface area (Å²) in [5.41, 5.74) is 0. The van der Waals surface area contributed by atoms with Crippen LogP contribution in [-0.2, 0) is 4.74 Å². The van der Waals surface area contributed by atoms with Crippen LogP contribution in [-0.4, -0.2) is 63.3 Å². The number of nitrogens with zero attached hydrogens (tertiary/aromatic N) is 2. The zero-order valence-electron chi connectivity index (χ0n) is 12.8. The van der Waals surface area contributed by atoms with Crippen LogP contribution in [0.25, 0.3) is 0 Å². The van der Waals surface area contributed by atoms with Crippen molar-refractivity contribution >= 4 is 5.96 Å². The van der Waals surface area contributed by atoms with Gasteiger partial charge in [0.25, 0.3) is 0 Å². The Bertz CT molecular complexity index is 229. The van der Waals surface area contributed by atoms with Crippen molar-refractivity contribution in [3.8, 4) is 0 Å². The van der Waals surface area contributed by atoms with Crippen molar-refractivity contribution in [3.63, 3.8) is 0 Å². The van der Waals surface area contributed by atoms with E-state index < -0.39 is 0 Å². The van der Waals surface area contributed by atoms with Crippen LogP contribution < -0.4 is 10.6 Å². The summed E-state index contributed by atoms with van der Waals surface area (Å²) in [5.74, 6) is 0.832. The molecule has 0 fully saturated rings. The standard InChI is InChI=1S/C13H30N4O/c1-7-17(8-2)12(4)9-15-13(14-5)16-11(3)10-18-6/h11-12H,7-10H2,1-6H3,(H2,14,15,16). The second-order valence-corrected chi connectivity index (χ2v) is 4.52.